The number of benzene rings is 4. The first-order valence-corrected chi connectivity index (χ1v) is 27.7. The van der Waals surface area contributed by atoms with Gasteiger partial charge in [-0.15, -0.1) is 0 Å². The normalized spacial score (nSPS) is 19.9. The van der Waals surface area contributed by atoms with Crippen LogP contribution in [0.25, 0.3) is 44.0 Å². The van der Waals surface area contributed by atoms with Crippen molar-refractivity contribution in [2.45, 2.75) is 109 Å². The first-order valence-electron chi connectivity index (χ1n) is 26.9. The van der Waals surface area contributed by atoms with Crippen LogP contribution in [-0.2, 0) is 26.4 Å². The van der Waals surface area contributed by atoms with Gasteiger partial charge in [0.05, 0.1) is 27.1 Å². The number of likely N-dealkylation sites (tertiary alicyclic amines) is 1. The number of piperidine rings is 2. The van der Waals surface area contributed by atoms with Crippen LogP contribution in [0.4, 0.5) is 10.9 Å². The number of hydrogen-bond donors (Lipinski definition) is 2. The highest BCUT2D eigenvalue weighted by Crippen LogP contribution is 2.41. The summed E-state index contributed by atoms with van der Waals surface area (Å²) in [6.45, 7) is 24.8. The molecule has 1 unspecified atom stereocenters. The van der Waals surface area contributed by atoms with Gasteiger partial charge in [-0.2, -0.15) is 5.10 Å². The summed E-state index contributed by atoms with van der Waals surface area (Å²) in [5.74, 6) is 3.44. The van der Waals surface area contributed by atoms with Gasteiger partial charge in [-0.25, -0.2) is 9.97 Å². The lowest BCUT2D eigenvalue weighted by molar-refractivity contribution is 0.203. The number of nitrogens with zero attached hydrogens (tertiary/aromatic N) is 6. The molecule has 4 aromatic carbocycles. The van der Waals surface area contributed by atoms with Crippen LogP contribution in [-0.4, -0.2) is 50.8 Å². The van der Waals surface area contributed by atoms with E-state index in [9.17, 15) is 0 Å². The van der Waals surface area contributed by atoms with Gasteiger partial charge in [0.15, 0.2) is 5.13 Å². The van der Waals surface area contributed by atoms with E-state index >= 15 is 0 Å². The van der Waals surface area contributed by atoms with E-state index in [4.69, 9.17) is 15.1 Å². The van der Waals surface area contributed by atoms with Gasteiger partial charge < -0.3 is 20.4 Å². The number of aryl methyl sites for hydroxylation is 1. The Kier molecular flexibility index (Phi) is 14.0. The monoisotopic (exact) mass is 973 g/mol. The second kappa shape index (κ2) is 21.0. The van der Waals surface area contributed by atoms with Gasteiger partial charge in [0.1, 0.15) is 5.82 Å². The molecule has 9 heteroatoms. The van der Waals surface area contributed by atoms with Crippen molar-refractivity contribution in [3.63, 3.8) is 0 Å². The average molecular weight is 973 g/mol. The Morgan fingerprint density at radius 2 is 1.62 bits per heavy atom. The molecule has 11 rings (SSSR count). The van der Waals surface area contributed by atoms with Gasteiger partial charge in [0.2, 0.25) is 0 Å². The largest absolute Gasteiger partial charge is 0.363 e. The Balaban J connectivity index is 0.648. The summed E-state index contributed by atoms with van der Waals surface area (Å²) in [6.07, 6.45) is 18.0. The molecule has 0 spiro atoms. The zero-order valence-corrected chi connectivity index (χ0v) is 43.5. The zero-order chi connectivity index (χ0) is 49.3. The number of nitrogens with one attached hydrogen (secondary N) is 2. The first kappa shape index (κ1) is 48.0. The van der Waals surface area contributed by atoms with Gasteiger partial charge >= 0.3 is 0 Å². The fraction of sp³-hybridized carbons (Fsp3) is 0.381. The number of anilines is 2. The number of rotatable bonds is 15. The van der Waals surface area contributed by atoms with E-state index in [1.807, 2.05) is 12.1 Å². The molecule has 72 heavy (non-hydrogen) atoms. The Labute approximate surface area is 431 Å². The molecule has 3 aromatic heterocycles. The molecule has 3 aliphatic heterocycles. The second-order valence-corrected chi connectivity index (χ2v) is 22.4. The van der Waals surface area contributed by atoms with Gasteiger partial charge in [-0.1, -0.05) is 130 Å². The number of thiazole rings is 1. The predicted molar refractivity (Wildman–Crippen MR) is 303 cm³/mol. The van der Waals surface area contributed by atoms with Crippen LogP contribution < -0.4 is 15.5 Å². The molecule has 370 valence electrons. The number of fused-ring (bicyclic) bond motifs is 3. The van der Waals surface area contributed by atoms with Crippen molar-refractivity contribution < 1.29 is 0 Å². The molecule has 1 aliphatic carbocycles. The standard InChI is InChI=1S/C63H72N8S/c1-7-57-54(30-31-60(66-57)71-38-34-47-16-12-19-51(56(47)40-71)43(4)65-63-67-58-22-8-9-23-59(58)72-63)50-18-13-17-49(42(50)3)39-46-27-25-45(26-28-46)15-10-11-35-70-36-32-48(33-37-70)53-20-14-21-55-61(68-69(6)62(53)55)52-29-24-41(2)64-44(52)5/h7-9,12-14,16-23,30-31,45-46,48,52,64H,1-2,4-5,10-11,15,24-29,32-40H2,3,6H3,(H,65,67). The van der Waals surface area contributed by atoms with Crippen molar-refractivity contribution in [1.82, 2.24) is 30.0 Å². The number of pyridine rings is 1. The fourth-order valence-corrected chi connectivity index (χ4v) is 13.7. The Bertz CT molecular complexity index is 3130. The second-order valence-electron chi connectivity index (χ2n) is 21.4. The number of aromatic nitrogens is 4. The lowest BCUT2D eigenvalue weighted by Gasteiger charge is -2.33. The lowest BCUT2D eigenvalue weighted by atomic mass is 9.77. The molecule has 1 saturated carbocycles. The lowest BCUT2D eigenvalue weighted by Crippen LogP contribution is -2.33. The average Bonchev–Trinajstić information content (AvgIpc) is 3.98. The fourth-order valence-electron chi connectivity index (χ4n) is 12.8. The Hall–Kier alpha value is -6.29. The van der Waals surface area contributed by atoms with Crippen LogP contribution in [0.1, 0.15) is 127 Å². The zero-order valence-electron chi connectivity index (χ0n) is 42.7. The molecule has 0 bridgehead atoms. The maximum Gasteiger partial charge on any atom is 0.188 e. The molecular formula is C63H72N8S. The third-order valence-electron chi connectivity index (χ3n) is 16.9. The minimum atomic E-state index is 0.231. The molecular weight excluding hydrogens is 901 g/mol. The van der Waals surface area contributed by atoms with Crippen molar-refractivity contribution in [2.75, 3.05) is 36.4 Å². The summed E-state index contributed by atoms with van der Waals surface area (Å²) in [5.41, 5.74) is 18.0. The van der Waals surface area contributed by atoms with Crippen molar-refractivity contribution in [3.8, 4) is 11.1 Å². The van der Waals surface area contributed by atoms with Gasteiger partial charge in [-0.05, 0) is 166 Å². The van der Waals surface area contributed by atoms with Crippen molar-refractivity contribution in [2.24, 2.45) is 18.9 Å². The van der Waals surface area contributed by atoms with Crippen molar-refractivity contribution in [3.05, 3.63) is 173 Å². The van der Waals surface area contributed by atoms with E-state index in [1.54, 1.807) is 11.3 Å². The van der Waals surface area contributed by atoms with Crippen molar-refractivity contribution >= 4 is 55.2 Å². The SMILES string of the molecule is C=Cc1nc(N2CCc3cccc(C(=C)Nc4nc5ccccc5s4)c3C2)ccc1-c1cccc(CC2CCC(CCCCN3CCC(c4cccc5c(C6CCC(=C)NC6=C)nn(C)c45)CC3)CC2)c1C. The molecule has 8 nitrogen and oxygen atoms in total. The first-order chi connectivity index (χ1) is 35.2. The number of allylic oxidation sites excluding steroid dienone is 2. The Morgan fingerprint density at radius 1 is 0.819 bits per heavy atom. The molecule has 6 heterocycles. The minimum absolute atomic E-state index is 0.231. The van der Waals surface area contributed by atoms with Gasteiger partial charge in [-0.3, -0.25) is 4.68 Å². The summed E-state index contributed by atoms with van der Waals surface area (Å²) in [5, 5.41) is 14.2. The highest BCUT2D eigenvalue weighted by Gasteiger charge is 2.30. The third-order valence-corrected chi connectivity index (χ3v) is 17.9. The van der Waals surface area contributed by atoms with Crippen LogP contribution in [0, 0.1) is 18.8 Å². The molecule has 4 aliphatic rings. The van der Waals surface area contributed by atoms with Crippen LogP contribution >= 0.6 is 11.3 Å². The Morgan fingerprint density at radius 3 is 2.44 bits per heavy atom. The highest BCUT2D eigenvalue weighted by atomic mass is 32.1. The topological polar surface area (TPSA) is 74.1 Å². The smallest absolute Gasteiger partial charge is 0.188 e. The van der Waals surface area contributed by atoms with Crippen molar-refractivity contribution in [1.29, 1.82) is 0 Å². The maximum atomic E-state index is 5.28. The number of unbranched alkanes of at least 4 members (excludes halogenated alkanes) is 1. The van der Waals surface area contributed by atoms with Gasteiger partial charge in [0, 0.05) is 59.7 Å². The summed E-state index contributed by atoms with van der Waals surface area (Å²) >= 11 is 1.66. The van der Waals surface area contributed by atoms with E-state index in [-0.39, 0.29) is 5.92 Å². The van der Waals surface area contributed by atoms with E-state index in [1.165, 1.54) is 132 Å². The summed E-state index contributed by atoms with van der Waals surface area (Å²) < 4.78 is 3.31. The van der Waals surface area contributed by atoms with Crippen LogP contribution in [0.3, 0.4) is 0 Å². The summed E-state index contributed by atoms with van der Waals surface area (Å²) in [6, 6.07) is 33.1. The van der Waals surface area contributed by atoms with E-state index in [0.29, 0.717) is 5.92 Å². The van der Waals surface area contributed by atoms with Gasteiger partial charge in [0.25, 0.3) is 0 Å². The molecule has 7 aromatic rings. The quantitative estimate of drug-likeness (QED) is 0.0992. The molecule has 0 amide bonds. The number of para-hydroxylation sites is 2. The molecule has 2 N–H and O–H groups in total. The predicted octanol–water partition coefficient (Wildman–Crippen LogP) is 14.7. The summed E-state index contributed by atoms with van der Waals surface area (Å²) in [4.78, 5) is 15.2. The highest BCUT2D eigenvalue weighted by molar-refractivity contribution is 7.22. The van der Waals surface area contributed by atoms with E-state index < -0.39 is 0 Å². The van der Waals surface area contributed by atoms with Crippen LogP contribution in [0.15, 0.2) is 129 Å². The third kappa shape index (κ3) is 9.95. The number of hydrogen-bond acceptors (Lipinski definition) is 8. The van der Waals surface area contributed by atoms with E-state index in [2.05, 4.69) is 150 Å². The molecule has 2 saturated heterocycles. The van der Waals surface area contributed by atoms with E-state index in [0.717, 1.165) is 101 Å². The molecule has 0 radical (unpaired) electrons. The molecule has 1 atom stereocenters. The van der Waals surface area contributed by atoms with Crippen LogP contribution in [0.2, 0.25) is 0 Å². The summed E-state index contributed by atoms with van der Waals surface area (Å²) in [7, 11) is 2.13. The molecule has 3 fully saturated rings. The minimum Gasteiger partial charge on any atom is -0.363 e. The van der Waals surface area contributed by atoms with Crippen LogP contribution in [0.5, 0.6) is 0 Å². The maximum absolute atomic E-state index is 5.28.